The van der Waals surface area contributed by atoms with Crippen molar-refractivity contribution in [1.29, 1.82) is 0 Å². The van der Waals surface area contributed by atoms with E-state index in [0.29, 0.717) is 43.6 Å². The van der Waals surface area contributed by atoms with E-state index in [1.807, 2.05) is 0 Å². The van der Waals surface area contributed by atoms with E-state index in [9.17, 15) is 8.42 Å². The summed E-state index contributed by atoms with van der Waals surface area (Å²) in [6, 6.07) is 15.0. The van der Waals surface area contributed by atoms with Gasteiger partial charge in [-0.05, 0) is 43.3 Å². The van der Waals surface area contributed by atoms with Gasteiger partial charge in [0.05, 0.1) is 24.7 Å². The third-order valence-electron chi connectivity index (χ3n) is 4.07. The van der Waals surface area contributed by atoms with Gasteiger partial charge in [-0.15, -0.1) is 11.8 Å². The zero-order valence-electron chi connectivity index (χ0n) is 14.8. The quantitative estimate of drug-likeness (QED) is 0.534. The van der Waals surface area contributed by atoms with Crippen LogP contribution in [0.25, 0.3) is 0 Å². The molecule has 1 aliphatic rings. The molecule has 26 heavy (non-hydrogen) atoms. The van der Waals surface area contributed by atoms with Gasteiger partial charge in [-0.3, -0.25) is 0 Å². The van der Waals surface area contributed by atoms with Gasteiger partial charge in [0.2, 0.25) is 10.0 Å². The van der Waals surface area contributed by atoms with E-state index in [0.717, 1.165) is 5.75 Å². The van der Waals surface area contributed by atoms with Gasteiger partial charge in [-0.25, -0.2) is 8.42 Å². The van der Waals surface area contributed by atoms with E-state index < -0.39 is 10.0 Å². The molecule has 2 aromatic rings. The average Bonchev–Trinajstić information content (AvgIpc) is 2.68. The molecule has 0 N–H and O–H groups in total. The molecule has 0 unspecified atom stereocenters. The highest BCUT2D eigenvalue weighted by Gasteiger charge is 2.26. The summed E-state index contributed by atoms with van der Waals surface area (Å²) in [7, 11) is -3.45. The van der Waals surface area contributed by atoms with Crippen molar-refractivity contribution in [1.82, 2.24) is 4.31 Å². The first kappa shape index (κ1) is 19.2. The molecule has 0 amide bonds. The van der Waals surface area contributed by atoms with Gasteiger partial charge in [0.25, 0.3) is 0 Å². The maximum atomic E-state index is 12.6. The van der Waals surface area contributed by atoms with Crippen molar-refractivity contribution in [2.45, 2.75) is 16.7 Å². The fraction of sp³-hybridized carbons (Fsp3) is 0.368. The Kier molecular flexibility index (Phi) is 6.58. The van der Waals surface area contributed by atoms with E-state index >= 15 is 0 Å². The first-order valence-corrected chi connectivity index (χ1v) is 11.0. The highest BCUT2D eigenvalue weighted by molar-refractivity contribution is 7.99. The first-order valence-electron chi connectivity index (χ1n) is 8.56. The fourth-order valence-electron chi connectivity index (χ4n) is 2.60. The van der Waals surface area contributed by atoms with Gasteiger partial charge in [-0.2, -0.15) is 4.31 Å². The van der Waals surface area contributed by atoms with Crippen LogP contribution in [-0.4, -0.2) is 51.4 Å². The van der Waals surface area contributed by atoms with Crippen molar-refractivity contribution in [3.05, 3.63) is 54.1 Å². The molecule has 0 saturated carbocycles. The highest BCUT2D eigenvalue weighted by atomic mass is 32.2. The minimum Gasteiger partial charge on any atom is -0.493 e. The van der Waals surface area contributed by atoms with Gasteiger partial charge in [0, 0.05) is 23.7 Å². The Balaban J connectivity index is 1.50. The molecule has 0 bridgehead atoms. The lowest BCUT2D eigenvalue weighted by molar-refractivity contribution is 0.0730. The number of benzene rings is 2. The van der Waals surface area contributed by atoms with Gasteiger partial charge in [-0.1, -0.05) is 17.7 Å². The minimum absolute atomic E-state index is 0.292. The number of morpholine rings is 1. The van der Waals surface area contributed by atoms with E-state index in [-0.39, 0.29) is 0 Å². The van der Waals surface area contributed by atoms with Crippen molar-refractivity contribution in [2.75, 3.05) is 38.7 Å². The molecule has 5 nitrogen and oxygen atoms in total. The van der Waals surface area contributed by atoms with Crippen LogP contribution in [0.4, 0.5) is 0 Å². The van der Waals surface area contributed by atoms with Crippen LogP contribution in [0.5, 0.6) is 5.75 Å². The van der Waals surface area contributed by atoms with Crippen molar-refractivity contribution >= 4 is 21.8 Å². The summed E-state index contributed by atoms with van der Waals surface area (Å²) in [6.45, 7) is 4.32. The first-order chi connectivity index (χ1) is 12.6. The lowest BCUT2D eigenvalue weighted by atomic mass is 10.2. The minimum atomic E-state index is -3.45. The molecular weight excluding hydrogens is 370 g/mol. The SMILES string of the molecule is Cc1ccc(SCCOc2ccc(S(=O)(=O)N3CCOCC3)cc2)cc1. The molecule has 1 fully saturated rings. The molecule has 140 valence electrons. The van der Waals surface area contributed by atoms with Gasteiger partial charge < -0.3 is 9.47 Å². The molecule has 0 radical (unpaired) electrons. The third-order valence-corrected chi connectivity index (χ3v) is 6.96. The van der Waals surface area contributed by atoms with Crippen LogP contribution in [0, 0.1) is 6.92 Å². The smallest absolute Gasteiger partial charge is 0.243 e. The molecular formula is C19H23NO4S2. The topological polar surface area (TPSA) is 55.8 Å². The fourth-order valence-corrected chi connectivity index (χ4v) is 4.74. The number of thioether (sulfide) groups is 1. The van der Waals surface area contributed by atoms with Crippen LogP contribution in [-0.2, 0) is 14.8 Å². The number of ether oxygens (including phenoxy) is 2. The van der Waals surface area contributed by atoms with Crippen LogP contribution in [0.2, 0.25) is 0 Å². The van der Waals surface area contributed by atoms with Gasteiger partial charge >= 0.3 is 0 Å². The van der Waals surface area contributed by atoms with Gasteiger partial charge in [0.1, 0.15) is 5.75 Å². The Bertz CT molecular complexity index is 798. The average molecular weight is 394 g/mol. The second kappa shape index (κ2) is 8.90. The summed E-state index contributed by atoms with van der Waals surface area (Å²) in [5, 5.41) is 0. The molecule has 0 aliphatic carbocycles. The summed E-state index contributed by atoms with van der Waals surface area (Å²) < 4.78 is 37.5. The normalized spacial score (nSPS) is 15.7. The molecule has 1 aliphatic heterocycles. The number of hydrogen-bond acceptors (Lipinski definition) is 5. The van der Waals surface area contributed by atoms with Crippen LogP contribution in [0.1, 0.15) is 5.56 Å². The van der Waals surface area contributed by atoms with Crippen molar-refractivity contribution < 1.29 is 17.9 Å². The predicted octanol–water partition coefficient (Wildman–Crippen LogP) is 3.19. The van der Waals surface area contributed by atoms with Crippen molar-refractivity contribution in [3.8, 4) is 5.75 Å². The largest absolute Gasteiger partial charge is 0.493 e. The molecule has 1 saturated heterocycles. The molecule has 0 spiro atoms. The summed E-state index contributed by atoms with van der Waals surface area (Å²) in [5.41, 5.74) is 1.25. The Labute approximate surface area is 159 Å². The maximum absolute atomic E-state index is 12.6. The zero-order chi connectivity index (χ0) is 18.4. The summed E-state index contributed by atoms with van der Waals surface area (Å²) >= 11 is 1.74. The lowest BCUT2D eigenvalue weighted by Crippen LogP contribution is -2.40. The van der Waals surface area contributed by atoms with Crippen molar-refractivity contribution in [3.63, 3.8) is 0 Å². The number of hydrogen-bond donors (Lipinski definition) is 0. The molecule has 1 heterocycles. The van der Waals surface area contributed by atoms with Crippen LogP contribution >= 0.6 is 11.8 Å². The number of aryl methyl sites for hydroxylation is 1. The summed E-state index contributed by atoms with van der Waals surface area (Å²) in [5.74, 6) is 1.51. The maximum Gasteiger partial charge on any atom is 0.243 e. The zero-order valence-corrected chi connectivity index (χ0v) is 16.4. The second-order valence-electron chi connectivity index (χ2n) is 6.00. The molecule has 7 heteroatoms. The predicted molar refractivity (Wildman–Crippen MR) is 103 cm³/mol. The summed E-state index contributed by atoms with van der Waals surface area (Å²) in [6.07, 6.45) is 0. The number of sulfonamides is 1. The molecule has 0 aromatic heterocycles. The van der Waals surface area contributed by atoms with Crippen LogP contribution < -0.4 is 4.74 Å². The monoisotopic (exact) mass is 393 g/mol. The number of rotatable bonds is 7. The molecule has 3 rings (SSSR count). The standard InChI is InChI=1S/C19H23NO4S2/c1-16-2-6-18(7-3-16)25-15-14-24-17-4-8-19(9-5-17)26(21,22)20-10-12-23-13-11-20/h2-9H,10-15H2,1H3. The Morgan fingerprint density at radius 1 is 1.04 bits per heavy atom. The van der Waals surface area contributed by atoms with E-state index in [4.69, 9.17) is 9.47 Å². The van der Waals surface area contributed by atoms with Gasteiger partial charge in [0.15, 0.2) is 0 Å². The number of nitrogens with zero attached hydrogens (tertiary/aromatic N) is 1. The van der Waals surface area contributed by atoms with Crippen LogP contribution in [0.15, 0.2) is 58.3 Å². The van der Waals surface area contributed by atoms with E-state index in [2.05, 4.69) is 31.2 Å². The molecule has 2 aromatic carbocycles. The second-order valence-corrected chi connectivity index (χ2v) is 9.10. The van der Waals surface area contributed by atoms with E-state index in [1.165, 1.54) is 14.8 Å². The lowest BCUT2D eigenvalue weighted by Gasteiger charge is -2.26. The Hall–Kier alpha value is -1.54. The van der Waals surface area contributed by atoms with Crippen LogP contribution in [0.3, 0.4) is 0 Å². The Morgan fingerprint density at radius 2 is 1.69 bits per heavy atom. The molecule has 0 atom stereocenters. The van der Waals surface area contributed by atoms with Crippen molar-refractivity contribution in [2.24, 2.45) is 0 Å². The highest BCUT2D eigenvalue weighted by Crippen LogP contribution is 2.22. The third kappa shape index (κ3) is 5.01. The summed E-state index contributed by atoms with van der Waals surface area (Å²) in [4.78, 5) is 1.51. The Morgan fingerprint density at radius 3 is 2.35 bits per heavy atom. The van der Waals surface area contributed by atoms with E-state index in [1.54, 1.807) is 36.0 Å².